The second-order valence-corrected chi connectivity index (χ2v) is 8.30. The molecular weight excluding hydrogens is 328 g/mol. The lowest BCUT2D eigenvalue weighted by atomic mass is 10.2. The summed E-state index contributed by atoms with van der Waals surface area (Å²) >= 11 is 0. The maximum Gasteiger partial charge on any atom is 0.410 e. The second kappa shape index (κ2) is 6.55. The third-order valence-corrected chi connectivity index (χ3v) is 5.07. The zero-order chi connectivity index (χ0) is 17.3. The van der Waals surface area contributed by atoms with Gasteiger partial charge in [0.2, 0.25) is 0 Å². The maximum absolute atomic E-state index is 12.6. The van der Waals surface area contributed by atoms with E-state index >= 15 is 0 Å². The third kappa shape index (κ3) is 3.77. The highest BCUT2D eigenvalue weighted by atomic mass is 32.2. The Labute approximate surface area is 143 Å². The van der Waals surface area contributed by atoms with Gasteiger partial charge < -0.3 is 14.1 Å². The number of nitrogens with zero attached hydrogens (tertiary/aromatic N) is 2. The van der Waals surface area contributed by atoms with Gasteiger partial charge in [0.05, 0.1) is 5.75 Å². The summed E-state index contributed by atoms with van der Waals surface area (Å²) in [5.74, 6) is 0.312. The molecule has 6 nitrogen and oxygen atoms in total. The Balaban J connectivity index is 1.69. The number of oxazole rings is 1. The van der Waals surface area contributed by atoms with Gasteiger partial charge in [-0.05, 0) is 45.7 Å². The Morgan fingerprint density at radius 1 is 1.42 bits per heavy atom. The smallest absolute Gasteiger partial charge is 0.410 e. The van der Waals surface area contributed by atoms with Gasteiger partial charge in [0.15, 0.2) is 5.58 Å². The van der Waals surface area contributed by atoms with E-state index in [-0.39, 0.29) is 17.4 Å². The molecule has 2 atom stereocenters. The molecule has 1 aromatic carbocycles. The van der Waals surface area contributed by atoms with Crippen LogP contribution >= 0.6 is 0 Å². The van der Waals surface area contributed by atoms with Gasteiger partial charge in [-0.25, -0.2) is 14.0 Å². The fourth-order valence-corrected chi connectivity index (χ4v) is 3.99. The quantitative estimate of drug-likeness (QED) is 0.849. The monoisotopic (exact) mass is 350 g/mol. The van der Waals surface area contributed by atoms with E-state index in [2.05, 4.69) is 4.98 Å². The number of fused-ring (bicyclic) bond motifs is 1. The summed E-state index contributed by atoms with van der Waals surface area (Å²) in [5.41, 5.74) is 0.775. The van der Waals surface area contributed by atoms with E-state index < -0.39 is 16.4 Å². The predicted octanol–water partition coefficient (Wildman–Crippen LogP) is 3.33. The van der Waals surface area contributed by atoms with E-state index in [9.17, 15) is 9.00 Å². The largest absolute Gasteiger partial charge is 0.444 e. The molecule has 0 saturated carbocycles. The Hall–Kier alpha value is -1.89. The van der Waals surface area contributed by atoms with E-state index in [0.29, 0.717) is 23.4 Å². The van der Waals surface area contributed by atoms with Gasteiger partial charge in [-0.3, -0.25) is 0 Å². The standard InChI is InChI=1S/C17H22N2O4S/c1-17(2,3)23-16(20)19-10-6-7-12(19)11-24(21)15-18-13-8-4-5-9-14(13)22-15/h4-5,8-9,12H,6-7,10-11H2,1-3H3/t12-,24+/m1/s1. The number of aromatic nitrogens is 1. The summed E-state index contributed by atoms with van der Waals surface area (Å²) in [6.07, 6.45) is 1.35. The number of amides is 1. The molecule has 0 bridgehead atoms. The highest BCUT2D eigenvalue weighted by molar-refractivity contribution is 7.84. The van der Waals surface area contributed by atoms with Crippen molar-refractivity contribution in [2.75, 3.05) is 12.3 Å². The van der Waals surface area contributed by atoms with Gasteiger partial charge in [-0.2, -0.15) is 0 Å². The number of benzene rings is 1. The summed E-state index contributed by atoms with van der Waals surface area (Å²) in [6, 6.07) is 7.21. The molecule has 1 aliphatic rings. The lowest BCUT2D eigenvalue weighted by molar-refractivity contribution is 0.0241. The minimum absolute atomic E-state index is 0.115. The first-order chi connectivity index (χ1) is 11.3. The van der Waals surface area contributed by atoms with Crippen molar-refractivity contribution in [3.63, 3.8) is 0 Å². The molecule has 1 saturated heterocycles. The lowest BCUT2D eigenvalue weighted by Crippen LogP contribution is -2.42. The topological polar surface area (TPSA) is 72.6 Å². The first-order valence-electron chi connectivity index (χ1n) is 8.07. The van der Waals surface area contributed by atoms with Crippen molar-refractivity contribution in [1.29, 1.82) is 0 Å². The van der Waals surface area contributed by atoms with Gasteiger partial charge in [0.1, 0.15) is 21.9 Å². The van der Waals surface area contributed by atoms with Gasteiger partial charge in [-0.15, -0.1) is 0 Å². The minimum atomic E-state index is -1.39. The fraction of sp³-hybridized carbons (Fsp3) is 0.529. The summed E-state index contributed by atoms with van der Waals surface area (Å²) in [4.78, 5) is 18.3. The molecule has 0 spiro atoms. The Morgan fingerprint density at radius 3 is 2.88 bits per heavy atom. The molecule has 7 heteroatoms. The van der Waals surface area contributed by atoms with Gasteiger partial charge in [0, 0.05) is 12.6 Å². The van der Waals surface area contributed by atoms with Gasteiger partial charge >= 0.3 is 6.09 Å². The van der Waals surface area contributed by atoms with Gasteiger partial charge in [-0.1, -0.05) is 12.1 Å². The van der Waals surface area contributed by atoms with Crippen LogP contribution in [0.4, 0.5) is 4.79 Å². The van der Waals surface area contributed by atoms with Crippen LogP contribution in [0, 0.1) is 0 Å². The molecule has 0 radical (unpaired) electrons. The molecule has 1 fully saturated rings. The molecule has 0 aliphatic carbocycles. The van der Waals surface area contributed by atoms with Crippen molar-refractivity contribution < 1.29 is 18.2 Å². The summed E-state index contributed by atoms with van der Waals surface area (Å²) in [7, 11) is -1.39. The number of para-hydroxylation sites is 2. The second-order valence-electron chi connectivity index (χ2n) is 6.93. The van der Waals surface area contributed by atoms with E-state index in [1.54, 1.807) is 11.0 Å². The van der Waals surface area contributed by atoms with Crippen LogP contribution in [0.25, 0.3) is 11.1 Å². The average Bonchev–Trinajstić information content (AvgIpc) is 3.11. The van der Waals surface area contributed by atoms with E-state index in [0.717, 1.165) is 12.8 Å². The summed E-state index contributed by atoms with van der Waals surface area (Å²) < 4.78 is 23.6. The van der Waals surface area contributed by atoms with Crippen LogP contribution in [0.1, 0.15) is 33.6 Å². The number of carbonyl (C=O) groups is 1. The third-order valence-electron chi connectivity index (χ3n) is 3.82. The first kappa shape index (κ1) is 17.0. The van der Waals surface area contributed by atoms with Crippen LogP contribution in [-0.2, 0) is 15.5 Å². The van der Waals surface area contributed by atoms with Crippen LogP contribution in [0.15, 0.2) is 33.9 Å². The number of carbonyl (C=O) groups excluding carboxylic acids is 1. The molecular formula is C17H22N2O4S. The van der Waals surface area contributed by atoms with Crippen molar-refractivity contribution in [1.82, 2.24) is 9.88 Å². The number of hydrogen-bond acceptors (Lipinski definition) is 5. The van der Waals surface area contributed by atoms with Crippen LogP contribution < -0.4 is 0 Å². The van der Waals surface area contributed by atoms with Crippen LogP contribution in [0.2, 0.25) is 0 Å². The number of ether oxygens (including phenoxy) is 1. The maximum atomic E-state index is 12.6. The molecule has 0 unspecified atom stereocenters. The van der Waals surface area contributed by atoms with E-state index in [1.807, 2.05) is 39.0 Å². The average molecular weight is 350 g/mol. The summed E-state index contributed by atoms with van der Waals surface area (Å²) in [6.45, 7) is 6.15. The first-order valence-corrected chi connectivity index (χ1v) is 9.39. The normalized spacial score (nSPS) is 19.6. The summed E-state index contributed by atoms with van der Waals surface area (Å²) in [5, 5.41) is 0.215. The zero-order valence-electron chi connectivity index (χ0n) is 14.2. The molecule has 1 amide bonds. The number of likely N-dealkylation sites (tertiary alicyclic amines) is 1. The molecule has 2 aromatic rings. The predicted molar refractivity (Wildman–Crippen MR) is 91.2 cm³/mol. The number of hydrogen-bond donors (Lipinski definition) is 0. The minimum Gasteiger partial charge on any atom is -0.444 e. The molecule has 3 rings (SSSR count). The molecule has 24 heavy (non-hydrogen) atoms. The van der Waals surface area contributed by atoms with E-state index in [4.69, 9.17) is 9.15 Å². The van der Waals surface area contributed by atoms with E-state index in [1.165, 1.54) is 0 Å². The van der Waals surface area contributed by atoms with Crippen LogP contribution in [0.3, 0.4) is 0 Å². The Bertz CT molecular complexity index is 732. The van der Waals surface area contributed by atoms with Crippen molar-refractivity contribution in [2.24, 2.45) is 0 Å². The molecule has 0 N–H and O–H groups in total. The molecule has 2 heterocycles. The molecule has 130 valence electrons. The Morgan fingerprint density at radius 2 is 2.17 bits per heavy atom. The van der Waals surface area contributed by atoms with Crippen LogP contribution in [0.5, 0.6) is 0 Å². The SMILES string of the molecule is CC(C)(C)OC(=O)N1CCC[C@@H]1C[S@](=O)c1nc2ccccc2o1. The number of rotatable bonds is 3. The van der Waals surface area contributed by atoms with Crippen LogP contribution in [-0.4, -0.2) is 44.1 Å². The van der Waals surface area contributed by atoms with Crippen molar-refractivity contribution in [3.8, 4) is 0 Å². The van der Waals surface area contributed by atoms with Crippen molar-refractivity contribution in [3.05, 3.63) is 24.3 Å². The highest BCUT2D eigenvalue weighted by Crippen LogP contribution is 2.24. The Kier molecular flexibility index (Phi) is 4.62. The van der Waals surface area contributed by atoms with Gasteiger partial charge in [0.25, 0.3) is 5.22 Å². The zero-order valence-corrected chi connectivity index (χ0v) is 15.0. The fourth-order valence-electron chi connectivity index (χ4n) is 2.76. The highest BCUT2D eigenvalue weighted by Gasteiger charge is 2.34. The lowest BCUT2D eigenvalue weighted by Gasteiger charge is -2.28. The van der Waals surface area contributed by atoms with Crippen molar-refractivity contribution >= 4 is 28.0 Å². The molecule has 1 aliphatic heterocycles. The van der Waals surface area contributed by atoms with Crippen molar-refractivity contribution in [2.45, 2.75) is 50.5 Å². The molecule has 1 aromatic heterocycles.